The van der Waals surface area contributed by atoms with Gasteiger partial charge in [0, 0.05) is 6.20 Å². The Morgan fingerprint density at radius 3 is 2.62 bits per heavy atom. The van der Waals surface area contributed by atoms with Gasteiger partial charge in [-0.1, -0.05) is 11.6 Å². The Hall–Kier alpha value is -2.37. The van der Waals surface area contributed by atoms with E-state index in [1.807, 2.05) is 6.07 Å². The molecular formula is C12H9ClN4O3S. The molecule has 0 spiro atoms. The molecule has 1 N–H and O–H groups in total. The maximum Gasteiger partial charge on any atom is 0.238 e. The molecule has 0 saturated carbocycles. The van der Waals surface area contributed by atoms with E-state index in [-0.39, 0.29) is 16.7 Å². The van der Waals surface area contributed by atoms with E-state index in [2.05, 4.69) is 14.7 Å². The molecular weight excluding hydrogens is 316 g/mol. The Kier molecular flexibility index (Phi) is 4.26. The van der Waals surface area contributed by atoms with Crippen LogP contribution >= 0.6 is 11.6 Å². The SMILES string of the molecule is CS(=O)(=O)Nc1ccc(Oc2ncc(C#N)cc2Cl)cn1. The van der Waals surface area contributed by atoms with Gasteiger partial charge < -0.3 is 4.74 Å². The molecule has 21 heavy (non-hydrogen) atoms. The van der Waals surface area contributed by atoms with Gasteiger partial charge in [0.15, 0.2) is 0 Å². The van der Waals surface area contributed by atoms with E-state index >= 15 is 0 Å². The Bertz CT molecular complexity index is 800. The molecule has 0 radical (unpaired) electrons. The first-order chi connectivity index (χ1) is 9.87. The number of hydrogen-bond acceptors (Lipinski definition) is 6. The molecule has 9 heteroatoms. The van der Waals surface area contributed by atoms with E-state index in [4.69, 9.17) is 21.6 Å². The zero-order chi connectivity index (χ0) is 15.5. The smallest absolute Gasteiger partial charge is 0.238 e. The van der Waals surface area contributed by atoms with Crippen LogP contribution in [0.4, 0.5) is 5.82 Å². The summed E-state index contributed by atoms with van der Waals surface area (Å²) >= 11 is 5.93. The van der Waals surface area contributed by atoms with Crippen molar-refractivity contribution in [2.45, 2.75) is 0 Å². The molecule has 0 aliphatic carbocycles. The van der Waals surface area contributed by atoms with Crippen molar-refractivity contribution in [2.24, 2.45) is 0 Å². The lowest BCUT2D eigenvalue weighted by molar-refractivity contribution is 0.461. The Balaban J connectivity index is 2.16. The van der Waals surface area contributed by atoms with E-state index < -0.39 is 10.0 Å². The van der Waals surface area contributed by atoms with Crippen molar-refractivity contribution in [1.82, 2.24) is 9.97 Å². The summed E-state index contributed by atoms with van der Waals surface area (Å²) in [4.78, 5) is 7.80. The number of aromatic nitrogens is 2. The van der Waals surface area contributed by atoms with Gasteiger partial charge in [0.25, 0.3) is 0 Å². The topological polar surface area (TPSA) is 105 Å². The van der Waals surface area contributed by atoms with Crippen molar-refractivity contribution in [3.8, 4) is 17.7 Å². The summed E-state index contributed by atoms with van der Waals surface area (Å²) in [7, 11) is -3.38. The van der Waals surface area contributed by atoms with Crippen LogP contribution < -0.4 is 9.46 Å². The highest BCUT2D eigenvalue weighted by Crippen LogP contribution is 2.27. The van der Waals surface area contributed by atoms with Gasteiger partial charge >= 0.3 is 0 Å². The van der Waals surface area contributed by atoms with Gasteiger partial charge in [-0.2, -0.15) is 5.26 Å². The number of halogens is 1. The Morgan fingerprint density at radius 1 is 1.33 bits per heavy atom. The number of nitriles is 1. The number of nitrogens with zero attached hydrogens (tertiary/aromatic N) is 3. The van der Waals surface area contributed by atoms with Gasteiger partial charge in [0.1, 0.15) is 22.7 Å². The van der Waals surface area contributed by atoms with Gasteiger partial charge in [0.2, 0.25) is 15.9 Å². The van der Waals surface area contributed by atoms with Crippen molar-refractivity contribution in [2.75, 3.05) is 11.0 Å². The molecule has 0 bridgehead atoms. The van der Waals surface area contributed by atoms with Crippen molar-refractivity contribution in [3.63, 3.8) is 0 Å². The Labute approximate surface area is 126 Å². The van der Waals surface area contributed by atoms with E-state index in [0.717, 1.165) is 6.26 Å². The lowest BCUT2D eigenvalue weighted by Crippen LogP contribution is -2.10. The van der Waals surface area contributed by atoms with E-state index in [0.29, 0.717) is 11.3 Å². The molecule has 2 rings (SSSR count). The van der Waals surface area contributed by atoms with Crippen LogP contribution in [0.15, 0.2) is 30.6 Å². The minimum absolute atomic E-state index is 0.126. The third-order valence-corrected chi connectivity index (χ3v) is 3.03. The summed E-state index contributed by atoms with van der Waals surface area (Å²) in [5.74, 6) is 0.623. The molecule has 0 amide bonds. The van der Waals surface area contributed by atoms with Crippen LogP contribution in [0, 0.1) is 11.3 Å². The maximum absolute atomic E-state index is 11.0. The minimum Gasteiger partial charge on any atom is -0.436 e. The van der Waals surface area contributed by atoms with Crippen molar-refractivity contribution < 1.29 is 13.2 Å². The zero-order valence-corrected chi connectivity index (χ0v) is 12.3. The molecule has 0 saturated heterocycles. The predicted molar refractivity (Wildman–Crippen MR) is 76.7 cm³/mol. The standard InChI is InChI=1S/C12H9ClN4O3S/c1-21(18,19)17-11-3-2-9(7-15-11)20-12-10(13)4-8(5-14)6-16-12/h2-4,6-7H,1H3,(H,15,17). The normalized spacial score (nSPS) is 10.7. The minimum atomic E-state index is -3.38. The maximum atomic E-state index is 11.0. The van der Waals surface area contributed by atoms with Gasteiger partial charge in [0.05, 0.1) is 18.0 Å². The molecule has 0 unspecified atom stereocenters. The number of pyridine rings is 2. The largest absolute Gasteiger partial charge is 0.436 e. The summed E-state index contributed by atoms with van der Waals surface area (Å²) in [6.45, 7) is 0. The summed E-state index contributed by atoms with van der Waals surface area (Å²) in [5, 5.41) is 8.90. The van der Waals surface area contributed by atoms with E-state index in [1.54, 1.807) is 0 Å². The number of anilines is 1. The summed E-state index contributed by atoms with van der Waals surface area (Å²) in [5.41, 5.74) is 0.318. The van der Waals surface area contributed by atoms with Crippen molar-refractivity contribution in [3.05, 3.63) is 41.2 Å². The highest BCUT2D eigenvalue weighted by atomic mass is 35.5. The molecule has 2 aromatic rings. The monoisotopic (exact) mass is 324 g/mol. The van der Waals surface area contributed by atoms with Crippen LogP contribution in [0.25, 0.3) is 0 Å². The second-order valence-electron chi connectivity index (χ2n) is 3.98. The molecule has 0 atom stereocenters. The van der Waals surface area contributed by atoms with E-state index in [9.17, 15) is 8.42 Å². The number of ether oxygens (including phenoxy) is 1. The number of nitrogens with one attached hydrogen (secondary N) is 1. The first-order valence-corrected chi connectivity index (χ1v) is 7.81. The lowest BCUT2D eigenvalue weighted by atomic mass is 10.3. The van der Waals surface area contributed by atoms with Crippen LogP contribution in [0.1, 0.15) is 5.56 Å². The molecule has 0 aliphatic rings. The van der Waals surface area contributed by atoms with Gasteiger partial charge in [-0.05, 0) is 18.2 Å². The van der Waals surface area contributed by atoms with Gasteiger partial charge in [-0.3, -0.25) is 4.72 Å². The van der Waals surface area contributed by atoms with Gasteiger partial charge in [-0.25, -0.2) is 18.4 Å². The highest BCUT2D eigenvalue weighted by molar-refractivity contribution is 7.92. The number of sulfonamides is 1. The third-order valence-electron chi connectivity index (χ3n) is 2.18. The average molecular weight is 325 g/mol. The third kappa shape index (κ3) is 4.30. The average Bonchev–Trinajstić information content (AvgIpc) is 2.41. The highest BCUT2D eigenvalue weighted by Gasteiger charge is 2.08. The number of hydrogen-bond donors (Lipinski definition) is 1. The van der Waals surface area contributed by atoms with Crippen molar-refractivity contribution in [1.29, 1.82) is 5.26 Å². The van der Waals surface area contributed by atoms with Crippen LogP contribution in [0.3, 0.4) is 0 Å². The fraction of sp³-hybridized carbons (Fsp3) is 0.0833. The number of rotatable bonds is 4. The quantitative estimate of drug-likeness (QED) is 0.924. The summed E-state index contributed by atoms with van der Waals surface area (Å²) < 4.78 is 29.7. The Morgan fingerprint density at radius 2 is 2.10 bits per heavy atom. The van der Waals surface area contributed by atoms with Crippen LogP contribution in [-0.2, 0) is 10.0 Å². The van der Waals surface area contributed by atoms with Crippen LogP contribution in [0.5, 0.6) is 11.6 Å². The molecule has 7 nitrogen and oxygen atoms in total. The molecule has 0 fully saturated rings. The summed E-state index contributed by atoms with van der Waals surface area (Å²) in [6.07, 6.45) is 3.68. The predicted octanol–water partition coefficient (Wildman–Crippen LogP) is 2.17. The molecule has 2 heterocycles. The van der Waals surface area contributed by atoms with Crippen molar-refractivity contribution >= 4 is 27.4 Å². The molecule has 108 valence electrons. The van der Waals surface area contributed by atoms with Crippen LogP contribution in [0.2, 0.25) is 5.02 Å². The van der Waals surface area contributed by atoms with Crippen LogP contribution in [-0.4, -0.2) is 24.6 Å². The first kappa shape index (κ1) is 15.0. The fourth-order valence-electron chi connectivity index (χ4n) is 1.36. The lowest BCUT2D eigenvalue weighted by Gasteiger charge is -2.07. The molecule has 2 aromatic heterocycles. The first-order valence-electron chi connectivity index (χ1n) is 5.55. The summed E-state index contributed by atoms with van der Waals surface area (Å²) in [6, 6.07) is 6.28. The second kappa shape index (κ2) is 5.95. The second-order valence-corrected chi connectivity index (χ2v) is 6.13. The molecule has 0 aliphatic heterocycles. The van der Waals surface area contributed by atoms with E-state index in [1.165, 1.54) is 30.6 Å². The molecule has 0 aromatic carbocycles. The zero-order valence-electron chi connectivity index (χ0n) is 10.7. The van der Waals surface area contributed by atoms with Gasteiger partial charge in [-0.15, -0.1) is 0 Å². The fourth-order valence-corrected chi connectivity index (χ4v) is 2.07.